The van der Waals surface area contributed by atoms with E-state index in [1.165, 1.54) is 0 Å². The summed E-state index contributed by atoms with van der Waals surface area (Å²) in [5.74, 6) is -0.735. The van der Waals surface area contributed by atoms with Crippen LogP contribution in [0.25, 0.3) is 10.9 Å². The number of benzene rings is 1. The molecule has 1 unspecified atom stereocenters. The molecule has 0 radical (unpaired) electrons. The lowest BCUT2D eigenvalue weighted by Crippen LogP contribution is -2.43. The van der Waals surface area contributed by atoms with Crippen molar-refractivity contribution in [1.82, 2.24) is 20.1 Å². The number of nitrogens with one attached hydrogen (secondary N) is 3. The summed E-state index contributed by atoms with van der Waals surface area (Å²) in [4.78, 5) is 30.4. The highest BCUT2D eigenvalue weighted by molar-refractivity contribution is 7.55. The van der Waals surface area contributed by atoms with E-state index in [0.717, 1.165) is 55.1 Å². The fraction of sp³-hybridized carbons (Fsp3) is 0.615. The monoisotopic (exact) mass is 538 g/mol. The lowest BCUT2D eigenvalue weighted by atomic mass is 10.1. The number of nitrogens with zero attached hydrogens (tertiary/aromatic N) is 1. The Labute approximate surface area is 220 Å². The van der Waals surface area contributed by atoms with Crippen LogP contribution in [-0.4, -0.2) is 67.8 Å². The van der Waals surface area contributed by atoms with Gasteiger partial charge in [-0.1, -0.05) is 32.8 Å². The fourth-order valence-corrected chi connectivity index (χ4v) is 5.40. The van der Waals surface area contributed by atoms with Crippen LogP contribution in [-0.2, 0) is 30.0 Å². The van der Waals surface area contributed by atoms with E-state index in [1.807, 2.05) is 40.2 Å². The van der Waals surface area contributed by atoms with Gasteiger partial charge in [-0.05, 0) is 64.9 Å². The molecule has 0 saturated carbocycles. The summed E-state index contributed by atoms with van der Waals surface area (Å²) in [6.45, 7) is 8.46. The van der Waals surface area contributed by atoms with Gasteiger partial charge in [0.1, 0.15) is 17.8 Å². The van der Waals surface area contributed by atoms with Crippen molar-refractivity contribution >= 4 is 30.5 Å². The zero-order chi connectivity index (χ0) is 27.4. The number of aromatic amines is 1. The van der Waals surface area contributed by atoms with Crippen LogP contribution in [0.15, 0.2) is 24.4 Å². The Morgan fingerprint density at radius 2 is 1.57 bits per heavy atom. The predicted molar refractivity (Wildman–Crippen MR) is 146 cm³/mol. The molecule has 0 saturated heterocycles. The number of carbonyl (C=O) groups is 2. The van der Waals surface area contributed by atoms with E-state index in [4.69, 9.17) is 14.0 Å². The summed E-state index contributed by atoms with van der Waals surface area (Å²) in [7, 11) is -0.0106. The van der Waals surface area contributed by atoms with Crippen molar-refractivity contribution in [3.63, 3.8) is 0 Å². The van der Waals surface area contributed by atoms with Crippen LogP contribution in [0.5, 0.6) is 5.75 Å². The lowest BCUT2D eigenvalue weighted by molar-refractivity contribution is -0.145. The molecule has 1 heterocycles. The average Bonchev–Trinajstić information content (AvgIpc) is 3.26. The Morgan fingerprint density at radius 1 is 1.00 bits per heavy atom. The molecule has 0 amide bonds. The zero-order valence-electron chi connectivity index (χ0n) is 23.0. The molecule has 10 nitrogen and oxygen atoms in total. The summed E-state index contributed by atoms with van der Waals surface area (Å²) in [6, 6.07) is 3.53. The van der Waals surface area contributed by atoms with Crippen LogP contribution in [0.4, 0.5) is 0 Å². The zero-order valence-corrected chi connectivity index (χ0v) is 23.9. The first-order valence-corrected chi connectivity index (χ1v) is 14.6. The van der Waals surface area contributed by atoms with Gasteiger partial charge < -0.3 is 23.9 Å². The third-order valence-corrected chi connectivity index (χ3v) is 7.63. The molecule has 1 aromatic heterocycles. The highest BCUT2D eigenvalue weighted by atomic mass is 31.2. The number of H-pyrrole nitrogens is 1. The molecule has 2 rings (SSSR count). The molecular formula is C26H43N4O6P. The van der Waals surface area contributed by atoms with E-state index in [0.29, 0.717) is 5.75 Å². The highest BCUT2D eigenvalue weighted by Crippen LogP contribution is 2.43. The maximum absolute atomic E-state index is 14.1. The number of esters is 2. The van der Waals surface area contributed by atoms with Gasteiger partial charge in [-0.2, -0.15) is 0 Å². The molecule has 208 valence electrons. The predicted octanol–water partition coefficient (Wildman–Crippen LogP) is 4.40. The van der Waals surface area contributed by atoms with Gasteiger partial charge in [-0.3, -0.25) is 9.59 Å². The molecule has 2 aromatic rings. The van der Waals surface area contributed by atoms with Gasteiger partial charge >= 0.3 is 19.6 Å². The molecule has 0 aliphatic carbocycles. The average molecular weight is 539 g/mol. The topological polar surface area (TPSA) is 122 Å². The van der Waals surface area contributed by atoms with Crippen LogP contribution < -0.4 is 14.7 Å². The van der Waals surface area contributed by atoms with Crippen LogP contribution >= 0.6 is 7.67 Å². The molecule has 0 fully saturated rings. The number of aromatic nitrogens is 1. The fourth-order valence-electron chi connectivity index (χ4n) is 3.56. The first-order valence-electron chi connectivity index (χ1n) is 13.0. The van der Waals surface area contributed by atoms with E-state index in [-0.39, 0.29) is 13.2 Å². The maximum atomic E-state index is 14.1. The van der Waals surface area contributed by atoms with Crippen molar-refractivity contribution in [2.75, 3.05) is 33.9 Å². The number of fused-ring (bicyclic) bond motifs is 1. The molecular weight excluding hydrogens is 495 g/mol. The van der Waals surface area contributed by atoms with Gasteiger partial charge in [0, 0.05) is 23.6 Å². The molecule has 3 atom stereocenters. The minimum Gasteiger partial charge on any atom is -0.465 e. The maximum Gasteiger partial charge on any atom is 0.391 e. The quantitative estimate of drug-likeness (QED) is 0.153. The van der Waals surface area contributed by atoms with Gasteiger partial charge in [0.2, 0.25) is 0 Å². The molecule has 3 N–H and O–H groups in total. The van der Waals surface area contributed by atoms with E-state index in [9.17, 15) is 14.2 Å². The van der Waals surface area contributed by atoms with Crippen LogP contribution in [0, 0.1) is 0 Å². The van der Waals surface area contributed by atoms with Crippen molar-refractivity contribution in [2.45, 2.75) is 71.9 Å². The summed E-state index contributed by atoms with van der Waals surface area (Å²) in [6.07, 6.45) is 5.89. The van der Waals surface area contributed by atoms with Gasteiger partial charge in [-0.15, -0.1) is 0 Å². The van der Waals surface area contributed by atoms with Gasteiger partial charge in [-0.25, -0.2) is 14.7 Å². The van der Waals surface area contributed by atoms with Crippen molar-refractivity contribution in [3.8, 4) is 5.75 Å². The Morgan fingerprint density at radius 3 is 2.08 bits per heavy atom. The minimum atomic E-state index is -4.00. The van der Waals surface area contributed by atoms with Gasteiger partial charge in [0.15, 0.2) is 0 Å². The summed E-state index contributed by atoms with van der Waals surface area (Å²) in [5, 5.41) is 6.34. The Hall–Kier alpha value is -2.39. The second-order valence-electron chi connectivity index (χ2n) is 9.43. The molecule has 0 aliphatic rings. The lowest BCUT2D eigenvalue weighted by Gasteiger charge is -2.26. The summed E-state index contributed by atoms with van der Waals surface area (Å²) in [5.41, 5.74) is 1.83. The Kier molecular flexibility index (Phi) is 12.6. The number of rotatable bonds is 17. The summed E-state index contributed by atoms with van der Waals surface area (Å²) < 4.78 is 30.8. The van der Waals surface area contributed by atoms with Crippen LogP contribution in [0.1, 0.15) is 58.9 Å². The number of hydrogen-bond acceptors (Lipinski definition) is 7. The van der Waals surface area contributed by atoms with Crippen molar-refractivity contribution in [2.24, 2.45) is 0 Å². The van der Waals surface area contributed by atoms with E-state index in [1.54, 1.807) is 26.0 Å². The largest absolute Gasteiger partial charge is 0.465 e. The Balaban J connectivity index is 2.32. The van der Waals surface area contributed by atoms with Crippen molar-refractivity contribution in [1.29, 1.82) is 0 Å². The number of likely N-dealkylation sites (N-methyl/N-ethyl adjacent to an activating group) is 1. The van der Waals surface area contributed by atoms with Crippen LogP contribution in [0.3, 0.4) is 0 Å². The van der Waals surface area contributed by atoms with Crippen molar-refractivity contribution in [3.05, 3.63) is 30.0 Å². The van der Waals surface area contributed by atoms with E-state index < -0.39 is 31.7 Å². The highest BCUT2D eigenvalue weighted by Gasteiger charge is 2.35. The number of unbranched alkanes of at least 4 members (excludes halogenated alkanes) is 2. The Bertz CT molecular complexity index is 1020. The van der Waals surface area contributed by atoms with Gasteiger partial charge in [0.25, 0.3) is 0 Å². The standard InChI is InChI=1S/C26H43N4O6P/c1-7-9-16-34-25(31)19(3)28-37(33,29-20(4)26(32)35-17-10-8-2)36-23-13-11-12-22-24(23)21(18-27-22)14-15-30(5)6/h11-13,18-20,27H,7-10,14-17H2,1-6H3,(H2,28,29,33)/t19-,20+,37?. The SMILES string of the molecule is CCCCOC(=O)[C@H](C)NP(=O)(N[C@H](C)C(=O)OCCCC)Oc1cccc2[nH]cc(CCN(C)C)c12. The number of ether oxygens (including phenoxy) is 2. The van der Waals surface area contributed by atoms with E-state index in [2.05, 4.69) is 20.1 Å². The molecule has 0 aliphatic heterocycles. The third kappa shape index (κ3) is 9.78. The van der Waals surface area contributed by atoms with E-state index >= 15 is 0 Å². The molecule has 0 spiro atoms. The van der Waals surface area contributed by atoms with Gasteiger partial charge in [0.05, 0.1) is 13.2 Å². The number of carbonyl (C=O) groups excluding carboxylic acids is 2. The second kappa shape index (κ2) is 15.1. The first kappa shape index (κ1) is 30.8. The number of hydrogen-bond donors (Lipinski definition) is 3. The third-order valence-electron chi connectivity index (χ3n) is 5.72. The molecule has 37 heavy (non-hydrogen) atoms. The van der Waals surface area contributed by atoms with Crippen molar-refractivity contribution < 1.29 is 28.2 Å². The normalized spacial score (nSPS) is 14.8. The van der Waals surface area contributed by atoms with Crippen LogP contribution in [0.2, 0.25) is 0 Å². The second-order valence-corrected chi connectivity index (χ2v) is 11.2. The molecule has 0 bridgehead atoms. The minimum absolute atomic E-state index is 0.276. The summed E-state index contributed by atoms with van der Waals surface area (Å²) >= 11 is 0. The molecule has 1 aromatic carbocycles. The molecule has 11 heteroatoms. The first-order chi connectivity index (χ1) is 17.6. The smallest absolute Gasteiger partial charge is 0.391 e.